The van der Waals surface area contributed by atoms with Crippen molar-refractivity contribution in [1.29, 1.82) is 0 Å². The third-order valence-corrected chi connectivity index (χ3v) is 6.64. The molecule has 0 aromatic heterocycles. The Morgan fingerprint density at radius 3 is 2.30 bits per heavy atom. The molecule has 2 heterocycles. The Morgan fingerprint density at radius 1 is 1.15 bits per heavy atom. The Bertz CT molecular complexity index is 527. The summed E-state index contributed by atoms with van der Waals surface area (Å²) < 4.78 is 22.6. The molecular formula is C15H20O4S. The molecule has 1 aromatic carbocycles. The van der Waals surface area contributed by atoms with Gasteiger partial charge in [-0.05, 0) is 43.4 Å². The lowest BCUT2D eigenvalue weighted by Crippen LogP contribution is -2.40. The molecular weight excluding hydrogens is 276 g/mol. The monoisotopic (exact) mass is 296 g/mol. The lowest BCUT2D eigenvalue weighted by molar-refractivity contribution is 0.0182. The van der Waals surface area contributed by atoms with Gasteiger partial charge in [-0.25, -0.2) is 0 Å². The molecule has 0 aliphatic carbocycles. The van der Waals surface area contributed by atoms with Crippen molar-refractivity contribution < 1.29 is 18.8 Å². The number of ether oxygens (including phenoxy) is 2. The van der Waals surface area contributed by atoms with E-state index in [2.05, 4.69) is 0 Å². The smallest absolute Gasteiger partial charge is 0.161 e. The zero-order valence-electron chi connectivity index (χ0n) is 11.8. The number of benzene rings is 1. The van der Waals surface area contributed by atoms with Gasteiger partial charge in [0.1, 0.15) is 0 Å². The van der Waals surface area contributed by atoms with Crippen LogP contribution in [0.3, 0.4) is 0 Å². The Kier molecular flexibility index (Phi) is 3.50. The second kappa shape index (κ2) is 5.04. The lowest BCUT2D eigenvalue weighted by atomic mass is 9.85. The minimum Gasteiger partial charge on any atom is -0.493 e. The van der Waals surface area contributed by atoms with Crippen molar-refractivity contribution >= 4 is 10.8 Å². The number of hydrogen-bond acceptors (Lipinski definition) is 4. The number of rotatable bonds is 3. The van der Waals surface area contributed by atoms with Crippen molar-refractivity contribution in [2.75, 3.05) is 14.2 Å². The van der Waals surface area contributed by atoms with Crippen LogP contribution in [-0.4, -0.2) is 34.0 Å². The zero-order chi connectivity index (χ0) is 14.3. The Balaban J connectivity index is 1.94. The highest BCUT2D eigenvalue weighted by atomic mass is 32.2. The van der Waals surface area contributed by atoms with Crippen LogP contribution in [0.2, 0.25) is 0 Å². The van der Waals surface area contributed by atoms with Gasteiger partial charge in [-0.1, -0.05) is 6.07 Å². The third kappa shape index (κ3) is 2.13. The van der Waals surface area contributed by atoms with Crippen molar-refractivity contribution in [3.8, 4) is 11.5 Å². The van der Waals surface area contributed by atoms with Crippen LogP contribution in [0.15, 0.2) is 18.2 Å². The summed E-state index contributed by atoms with van der Waals surface area (Å²) in [5, 5.41) is 11.3. The first-order valence-corrected chi connectivity index (χ1v) is 8.19. The first kappa shape index (κ1) is 13.9. The second-order valence-corrected chi connectivity index (χ2v) is 7.65. The molecule has 2 saturated heterocycles. The van der Waals surface area contributed by atoms with Gasteiger partial charge in [-0.3, -0.25) is 4.21 Å². The van der Waals surface area contributed by atoms with Crippen molar-refractivity contribution in [3.63, 3.8) is 0 Å². The normalized spacial score (nSPS) is 35.9. The van der Waals surface area contributed by atoms with Gasteiger partial charge in [0, 0.05) is 21.3 Å². The number of methoxy groups -OCH3 is 2. The van der Waals surface area contributed by atoms with Gasteiger partial charge >= 0.3 is 0 Å². The molecule has 2 aliphatic rings. The van der Waals surface area contributed by atoms with Crippen LogP contribution >= 0.6 is 0 Å². The van der Waals surface area contributed by atoms with E-state index in [-0.39, 0.29) is 10.5 Å². The minimum atomic E-state index is -0.890. The van der Waals surface area contributed by atoms with Gasteiger partial charge in [0.15, 0.2) is 11.5 Å². The molecule has 4 nitrogen and oxygen atoms in total. The summed E-state index contributed by atoms with van der Waals surface area (Å²) in [6, 6.07) is 5.54. The Labute approximate surface area is 121 Å². The van der Waals surface area contributed by atoms with Gasteiger partial charge in [0.05, 0.1) is 19.8 Å². The minimum absolute atomic E-state index is 0.131. The summed E-state index contributed by atoms with van der Waals surface area (Å²) in [7, 11) is 2.41. The molecule has 2 aliphatic heterocycles. The van der Waals surface area contributed by atoms with E-state index in [0.29, 0.717) is 24.3 Å². The van der Waals surface area contributed by atoms with Crippen LogP contribution in [0.5, 0.6) is 11.5 Å². The van der Waals surface area contributed by atoms with Crippen LogP contribution in [-0.2, 0) is 16.4 Å². The van der Waals surface area contributed by atoms with Gasteiger partial charge in [0.2, 0.25) is 0 Å². The number of aliphatic hydroxyl groups is 1. The molecule has 2 atom stereocenters. The van der Waals surface area contributed by atoms with Crippen LogP contribution in [0.25, 0.3) is 0 Å². The summed E-state index contributed by atoms with van der Waals surface area (Å²) in [5.41, 5.74) is -0.0528. The number of fused-ring (bicyclic) bond motifs is 2. The van der Waals surface area contributed by atoms with Gasteiger partial charge < -0.3 is 14.6 Å². The highest BCUT2D eigenvalue weighted by Crippen LogP contribution is 2.47. The van der Waals surface area contributed by atoms with Crippen molar-refractivity contribution in [2.24, 2.45) is 0 Å². The van der Waals surface area contributed by atoms with Crippen LogP contribution in [0, 0.1) is 0 Å². The van der Waals surface area contributed by atoms with E-state index < -0.39 is 16.4 Å². The molecule has 2 unspecified atom stereocenters. The molecule has 1 aromatic rings. The Hall–Kier alpha value is -1.07. The number of hydrogen-bond donors (Lipinski definition) is 1. The van der Waals surface area contributed by atoms with Crippen molar-refractivity contribution in [1.82, 2.24) is 0 Å². The largest absolute Gasteiger partial charge is 0.493 e. The maximum absolute atomic E-state index is 12.1. The highest BCUT2D eigenvalue weighted by Gasteiger charge is 2.48. The van der Waals surface area contributed by atoms with Crippen LogP contribution < -0.4 is 9.47 Å². The lowest BCUT2D eigenvalue weighted by Gasteiger charge is -2.36. The standard InChI is InChI=1S/C15H20O4S/c1-18-13-6-3-10(7-14(13)19-2)15(16)8-11-4-5-12(9-15)20(11)17/h3,6-7,11-12,16H,4-5,8-9H2,1-2H3. The molecule has 3 rings (SSSR count). The average Bonchev–Trinajstić information content (AvgIpc) is 2.69. The van der Waals surface area contributed by atoms with Crippen molar-refractivity contribution in [3.05, 3.63) is 23.8 Å². The topological polar surface area (TPSA) is 55.8 Å². The fourth-order valence-corrected chi connectivity index (χ4v) is 5.60. The van der Waals surface area contributed by atoms with E-state index in [1.807, 2.05) is 18.2 Å². The van der Waals surface area contributed by atoms with Gasteiger partial charge in [0.25, 0.3) is 0 Å². The quantitative estimate of drug-likeness (QED) is 0.926. The second-order valence-electron chi connectivity index (χ2n) is 5.66. The summed E-state index contributed by atoms with van der Waals surface area (Å²) in [6.45, 7) is 0. The van der Waals surface area contributed by atoms with Crippen molar-refractivity contribution in [2.45, 2.75) is 41.8 Å². The van der Waals surface area contributed by atoms with E-state index in [1.54, 1.807) is 14.2 Å². The van der Waals surface area contributed by atoms with Gasteiger partial charge in [-0.15, -0.1) is 0 Å². The molecule has 0 spiro atoms. The SMILES string of the molecule is COc1ccc(C2(O)CC3CCC(C2)S3=O)cc1OC. The van der Waals surface area contributed by atoms with E-state index in [0.717, 1.165) is 18.4 Å². The molecule has 2 bridgehead atoms. The van der Waals surface area contributed by atoms with E-state index in [1.165, 1.54) is 0 Å². The van der Waals surface area contributed by atoms with E-state index in [9.17, 15) is 9.32 Å². The fraction of sp³-hybridized carbons (Fsp3) is 0.600. The van der Waals surface area contributed by atoms with Crippen LogP contribution in [0.4, 0.5) is 0 Å². The first-order valence-electron chi connectivity index (χ1n) is 6.91. The molecule has 0 saturated carbocycles. The summed E-state index contributed by atoms with van der Waals surface area (Å²) in [4.78, 5) is 0. The summed E-state index contributed by atoms with van der Waals surface area (Å²) in [5.74, 6) is 1.28. The molecule has 0 amide bonds. The third-order valence-electron chi connectivity index (χ3n) is 4.52. The molecule has 20 heavy (non-hydrogen) atoms. The average molecular weight is 296 g/mol. The predicted octanol–water partition coefficient (Wildman–Crippen LogP) is 1.96. The molecule has 0 radical (unpaired) electrons. The summed E-state index contributed by atoms with van der Waals surface area (Å²) >= 11 is 0. The fourth-order valence-electron chi connectivity index (χ4n) is 3.44. The maximum Gasteiger partial charge on any atom is 0.161 e. The molecule has 1 N–H and O–H groups in total. The van der Waals surface area contributed by atoms with Crippen LogP contribution in [0.1, 0.15) is 31.2 Å². The molecule has 5 heteroatoms. The Morgan fingerprint density at radius 2 is 1.75 bits per heavy atom. The predicted molar refractivity (Wildman–Crippen MR) is 77.6 cm³/mol. The van der Waals surface area contributed by atoms with Gasteiger partial charge in [-0.2, -0.15) is 0 Å². The van der Waals surface area contributed by atoms with E-state index in [4.69, 9.17) is 9.47 Å². The van der Waals surface area contributed by atoms with E-state index >= 15 is 0 Å². The molecule has 110 valence electrons. The maximum atomic E-state index is 12.1. The highest BCUT2D eigenvalue weighted by molar-refractivity contribution is 7.86. The summed E-state index contributed by atoms with van der Waals surface area (Å²) in [6.07, 6.45) is 3.08. The molecule has 2 fully saturated rings. The first-order chi connectivity index (χ1) is 9.57. The zero-order valence-corrected chi connectivity index (χ0v) is 12.6.